The van der Waals surface area contributed by atoms with Gasteiger partial charge >= 0.3 is 0 Å². The molecule has 1 aliphatic rings. The van der Waals surface area contributed by atoms with Crippen LogP contribution in [0.5, 0.6) is 0 Å². The number of rotatable bonds is 8. The number of halogens is 5. The third kappa shape index (κ3) is 6.25. The quantitative estimate of drug-likeness (QED) is 0.119. The highest BCUT2D eigenvalue weighted by Crippen LogP contribution is 2.43. The number of aryl methyl sites for hydroxylation is 1. The number of amides is 1. The Kier molecular flexibility index (Phi) is 9.05. The Hall–Kier alpha value is -3.92. The number of aromatic nitrogens is 4. The third-order valence-corrected chi connectivity index (χ3v) is 8.06. The fourth-order valence-corrected chi connectivity index (χ4v) is 5.54. The van der Waals surface area contributed by atoms with E-state index in [0.29, 0.717) is 16.5 Å². The first-order valence-corrected chi connectivity index (χ1v) is 13.9. The van der Waals surface area contributed by atoms with E-state index >= 15 is 0 Å². The number of tetrazole rings is 1. The SMILES string of the molecule is C[C@H]1[C@@H](CSc2nnnn2C)O[C@@H](c2ccc(NC(=O)c3c(F)c(F)c(F)c(F)c3F)cc2)O[C@H]1c1ccc(CO)cc1. The van der Waals surface area contributed by atoms with Gasteiger partial charge in [0.1, 0.15) is 5.56 Å². The molecule has 226 valence electrons. The van der Waals surface area contributed by atoms with Gasteiger partial charge in [-0.3, -0.25) is 4.79 Å². The van der Waals surface area contributed by atoms with Gasteiger partial charge in [0.15, 0.2) is 29.6 Å². The molecular weight excluding hydrogens is 597 g/mol. The maximum atomic E-state index is 14.1. The molecule has 2 heterocycles. The van der Waals surface area contributed by atoms with E-state index in [9.17, 15) is 31.9 Å². The van der Waals surface area contributed by atoms with Crippen molar-refractivity contribution in [1.29, 1.82) is 0 Å². The first-order valence-electron chi connectivity index (χ1n) is 12.9. The Morgan fingerprint density at radius 3 is 2.12 bits per heavy atom. The van der Waals surface area contributed by atoms with Crippen molar-refractivity contribution in [2.24, 2.45) is 13.0 Å². The predicted molar refractivity (Wildman–Crippen MR) is 143 cm³/mol. The number of nitrogens with zero attached hydrogens (tertiary/aromatic N) is 4. The molecule has 1 fully saturated rings. The molecule has 1 saturated heterocycles. The van der Waals surface area contributed by atoms with Gasteiger partial charge in [0.2, 0.25) is 11.0 Å². The summed E-state index contributed by atoms with van der Waals surface area (Å²) in [5.74, 6) is -12.4. The van der Waals surface area contributed by atoms with E-state index in [0.717, 1.165) is 11.1 Å². The van der Waals surface area contributed by atoms with E-state index in [1.807, 2.05) is 19.1 Å². The molecule has 4 aromatic rings. The van der Waals surface area contributed by atoms with Gasteiger partial charge in [-0.05, 0) is 33.7 Å². The molecule has 0 saturated carbocycles. The molecule has 15 heteroatoms. The molecule has 3 aromatic carbocycles. The third-order valence-electron chi connectivity index (χ3n) is 6.96. The van der Waals surface area contributed by atoms with Crippen molar-refractivity contribution in [2.75, 3.05) is 11.1 Å². The van der Waals surface area contributed by atoms with Crippen LogP contribution in [0.4, 0.5) is 27.6 Å². The van der Waals surface area contributed by atoms with E-state index < -0.39 is 53.0 Å². The second kappa shape index (κ2) is 12.8. The van der Waals surface area contributed by atoms with Gasteiger partial charge in [0.25, 0.3) is 5.91 Å². The topological polar surface area (TPSA) is 111 Å². The number of thioether (sulfide) groups is 1. The smallest absolute Gasteiger partial charge is 0.261 e. The zero-order valence-electron chi connectivity index (χ0n) is 22.6. The number of carbonyl (C=O) groups is 1. The number of aliphatic hydroxyl groups is 1. The monoisotopic (exact) mass is 621 g/mol. The second-order valence-corrected chi connectivity index (χ2v) is 10.7. The molecule has 0 spiro atoms. The molecule has 1 aliphatic heterocycles. The summed E-state index contributed by atoms with van der Waals surface area (Å²) in [6.45, 7) is 1.88. The number of carbonyl (C=O) groups excluding carboxylic acids is 1. The van der Waals surface area contributed by atoms with Crippen LogP contribution in [-0.2, 0) is 23.1 Å². The number of ether oxygens (including phenoxy) is 2. The number of aliphatic hydroxyl groups excluding tert-OH is 1. The number of anilines is 1. The summed E-state index contributed by atoms with van der Waals surface area (Å²) in [7, 11) is 1.72. The van der Waals surface area contributed by atoms with E-state index in [1.54, 1.807) is 19.2 Å². The molecule has 0 unspecified atom stereocenters. The second-order valence-electron chi connectivity index (χ2n) is 9.74. The number of nitrogens with one attached hydrogen (secondary N) is 1. The number of hydrogen-bond acceptors (Lipinski definition) is 8. The molecule has 1 aromatic heterocycles. The first-order chi connectivity index (χ1) is 20.6. The zero-order valence-corrected chi connectivity index (χ0v) is 23.4. The summed E-state index contributed by atoms with van der Waals surface area (Å²) in [5.41, 5.74) is 0.570. The molecule has 0 bridgehead atoms. The Morgan fingerprint density at radius 2 is 1.53 bits per heavy atom. The molecule has 9 nitrogen and oxygen atoms in total. The van der Waals surface area contributed by atoms with Crippen molar-refractivity contribution in [2.45, 2.75) is 37.2 Å². The molecular formula is C28H24F5N5O4S. The van der Waals surface area contributed by atoms with Gasteiger partial charge in [0, 0.05) is 30.0 Å². The average molecular weight is 622 g/mol. The lowest BCUT2D eigenvalue weighted by atomic mass is 9.91. The minimum atomic E-state index is -2.36. The first kappa shape index (κ1) is 30.5. The standard InChI is InChI=1S/C28H24F5N5O4S/c1-13-18(12-43-28-35-36-37-38(28)2)41-27(42-25(13)15-5-3-14(11-39)4-6-15)16-7-9-17(10-8-16)34-26(40)19-20(29)22(31)24(33)23(32)21(19)30/h3-10,13,18,25,27,39H,11-12H2,1-2H3,(H,34,40)/t13-,18+,25+,27+/m0/s1. The highest BCUT2D eigenvalue weighted by molar-refractivity contribution is 7.99. The summed E-state index contributed by atoms with van der Waals surface area (Å²) in [4.78, 5) is 12.4. The molecule has 4 atom stereocenters. The maximum Gasteiger partial charge on any atom is 0.261 e. The van der Waals surface area contributed by atoms with Crippen molar-refractivity contribution in [3.63, 3.8) is 0 Å². The largest absolute Gasteiger partial charge is 0.392 e. The highest BCUT2D eigenvalue weighted by Gasteiger charge is 2.38. The minimum absolute atomic E-state index is 0.0277. The molecule has 43 heavy (non-hydrogen) atoms. The fourth-order valence-electron chi connectivity index (χ4n) is 4.53. The van der Waals surface area contributed by atoms with Crippen LogP contribution in [0.15, 0.2) is 53.7 Å². The Labute approximate surface area is 246 Å². The molecule has 1 amide bonds. The lowest BCUT2D eigenvalue weighted by Crippen LogP contribution is -2.38. The Balaban J connectivity index is 1.37. The summed E-state index contributed by atoms with van der Waals surface area (Å²) in [6, 6.07) is 13.2. The number of hydrogen-bond donors (Lipinski definition) is 2. The van der Waals surface area contributed by atoms with E-state index in [-0.39, 0.29) is 24.3 Å². The van der Waals surface area contributed by atoms with Crippen LogP contribution in [-0.4, -0.2) is 43.1 Å². The van der Waals surface area contributed by atoms with Crippen LogP contribution in [0.25, 0.3) is 0 Å². The van der Waals surface area contributed by atoms with Crippen LogP contribution < -0.4 is 5.32 Å². The van der Waals surface area contributed by atoms with Crippen molar-refractivity contribution in [3.05, 3.63) is 99.9 Å². The van der Waals surface area contributed by atoms with Gasteiger partial charge in [-0.25, -0.2) is 26.6 Å². The van der Waals surface area contributed by atoms with Crippen molar-refractivity contribution < 1.29 is 41.3 Å². The lowest BCUT2D eigenvalue weighted by molar-refractivity contribution is -0.268. The van der Waals surface area contributed by atoms with E-state index in [2.05, 4.69) is 20.8 Å². The van der Waals surface area contributed by atoms with Gasteiger partial charge in [0.05, 0.1) is 18.8 Å². The minimum Gasteiger partial charge on any atom is -0.392 e. The summed E-state index contributed by atoms with van der Waals surface area (Å²) in [5, 5.41) is 23.6. The highest BCUT2D eigenvalue weighted by atomic mass is 32.2. The predicted octanol–water partition coefficient (Wildman–Crippen LogP) is 5.23. The van der Waals surface area contributed by atoms with Crippen LogP contribution >= 0.6 is 11.8 Å². The molecule has 0 aliphatic carbocycles. The Morgan fingerprint density at radius 1 is 0.930 bits per heavy atom. The lowest BCUT2D eigenvalue weighted by Gasteiger charge is -2.41. The summed E-state index contributed by atoms with van der Waals surface area (Å²) >= 11 is 1.40. The van der Waals surface area contributed by atoms with Crippen molar-refractivity contribution >= 4 is 23.4 Å². The fraction of sp³-hybridized carbons (Fsp3) is 0.286. The normalized spacial score (nSPS) is 20.3. The van der Waals surface area contributed by atoms with E-state index in [4.69, 9.17) is 9.47 Å². The molecule has 5 rings (SSSR count). The van der Waals surface area contributed by atoms with Crippen LogP contribution in [0.1, 0.15) is 46.4 Å². The van der Waals surface area contributed by atoms with Gasteiger partial charge < -0.3 is 19.9 Å². The zero-order chi connectivity index (χ0) is 30.8. The molecule has 2 N–H and O–H groups in total. The van der Waals surface area contributed by atoms with Crippen molar-refractivity contribution in [3.8, 4) is 0 Å². The van der Waals surface area contributed by atoms with Crippen LogP contribution in [0, 0.1) is 35.0 Å². The van der Waals surface area contributed by atoms with Gasteiger partial charge in [-0.1, -0.05) is 55.1 Å². The maximum absolute atomic E-state index is 14.1. The van der Waals surface area contributed by atoms with Gasteiger partial charge in [-0.2, -0.15) is 0 Å². The summed E-state index contributed by atoms with van der Waals surface area (Å²) in [6.07, 6.45) is -1.62. The Bertz CT molecular complexity index is 1590. The number of benzene rings is 3. The summed E-state index contributed by atoms with van der Waals surface area (Å²) < 4.78 is 82.9. The van der Waals surface area contributed by atoms with E-state index in [1.165, 1.54) is 40.7 Å². The van der Waals surface area contributed by atoms with Crippen LogP contribution in [0.3, 0.4) is 0 Å². The van der Waals surface area contributed by atoms with Gasteiger partial charge in [-0.15, -0.1) is 5.10 Å². The van der Waals surface area contributed by atoms with Crippen molar-refractivity contribution in [1.82, 2.24) is 20.2 Å². The van der Waals surface area contributed by atoms with Crippen LogP contribution in [0.2, 0.25) is 0 Å². The molecule has 0 radical (unpaired) electrons. The average Bonchev–Trinajstić information content (AvgIpc) is 3.43.